The number of rotatable bonds is 5. The van der Waals surface area contributed by atoms with Crippen molar-refractivity contribution < 1.29 is 5.11 Å². The van der Waals surface area contributed by atoms with Crippen molar-refractivity contribution in [1.29, 1.82) is 0 Å². The molecule has 1 aromatic rings. The molecule has 1 fully saturated rings. The van der Waals surface area contributed by atoms with E-state index in [0.717, 1.165) is 25.1 Å². The van der Waals surface area contributed by atoms with Gasteiger partial charge in [-0.3, -0.25) is 0 Å². The Morgan fingerprint density at radius 2 is 1.88 bits per heavy atom. The maximum absolute atomic E-state index is 10.3. The highest BCUT2D eigenvalue weighted by Gasteiger charge is 2.30. The van der Waals surface area contributed by atoms with E-state index < -0.39 is 5.60 Å². The molecule has 0 saturated heterocycles. The minimum absolute atomic E-state index is 0.408. The van der Waals surface area contributed by atoms with Gasteiger partial charge in [0.15, 0.2) is 0 Å². The highest BCUT2D eigenvalue weighted by atomic mass is 32.2. The van der Waals surface area contributed by atoms with Crippen LogP contribution in [-0.2, 0) is 6.54 Å². The molecule has 2 N–H and O–H groups in total. The molecule has 0 heterocycles. The van der Waals surface area contributed by atoms with Crippen LogP contribution in [0.4, 0.5) is 0 Å². The maximum atomic E-state index is 10.3. The Kier molecular flexibility index (Phi) is 4.48. The monoisotopic (exact) mass is 251 g/mol. The number of benzene rings is 1. The normalized spacial score (nSPS) is 18.5. The smallest absolute Gasteiger partial charge is 0.0741 e. The first-order valence-corrected chi connectivity index (χ1v) is 7.29. The summed E-state index contributed by atoms with van der Waals surface area (Å²) in [7, 11) is 1.96. The lowest BCUT2D eigenvalue weighted by Gasteiger charge is -2.21. The Labute approximate surface area is 108 Å². The van der Waals surface area contributed by atoms with Crippen molar-refractivity contribution in [3.05, 3.63) is 29.8 Å². The molecular formula is C14H21NOS. The van der Waals surface area contributed by atoms with Gasteiger partial charge >= 0.3 is 0 Å². The van der Waals surface area contributed by atoms with Crippen LogP contribution in [0.5, 0.6) is 0 Å². The second kappa shape index (κ2) is 5.89. The van der Waals surface area contributed by atoms with Gasteiger partial charge in [-0.05, 0) is 37.6 Å². The van der Waals surface area contributed by atoms with Gasteiger partial charge in [-0.1, -0.05) is 25.0 Å². The second-order valence-electron chi connectivity index (χ2n) is 4.89. The average Bonchev–Trinajstić information content (AvgIpc) is 2.76. The van der Waals surface area contributed by atoms with Crippen LogP contribution >= 0.6 is 11.8 Å². The minimum Gasteiger partial charge on any atom is -0.389 e. The molecular weight excluding hydrogens is 230 g/mol. The second-order valence-corrected chi connectivity index (χ2v) is 5.94. The summed E-state index contributed by atoms with van der Waals surface area (Å²) < 4.78 is 0. The number of aliphatic hydroxyl groups is 1. The van der Waals surface area contributed by atoms with Gasteiger partial charge < -0.3 is 10.4 Å². The fourth-order valence-corrected chi connectivity index (χ4v) is 3.36. The summed E-state index contributed by atoms with van der Waals surface area (Å²) in [5.74, 6) is 0.832. The highest BCUT2D eigenvalue weighted by molar-refractivity contribution is 7.99. The highest BCUT2D eigenvalue weighted by Crippen LogP contribution is 2.34. The van der Waals surface area contributed by atoms with Gasteiger partial charge in [-0.25, -0.2) is 0 Å². The van der Waals surface area contributed by atoms with Crippen LogP contribution in [0.25, 0.3) is 0 Å². The Balaban J connectivity index is 1.86. The lowest BCUT2D eigenvalue weighted by atomic mass is 10.1. The van der Waals surface area contributed by atoms with Gasteiger partial charge in [0, 0.05) is 17.2 Å². The van der Waals surface area contributed by atoms with Crippen LogP contribution in [0.3, 0.4) is 0 Å². The van der Waals surface area contributed by atoms with Crippen molar-refractivity contribution in [2.75, 3.05) is 12.8 Å². The number of hydrogen-bond acceptors (Lipinski definition) is 3. The minimum atomic E-state index is -0.408. The largest absolute Gasteiger partial charge is 0.389 e. The lowest BCUT2D eigenvalue weighted by molar-refractivity contribution is 0.0732. The first kappa shape index (κ1) is 12.9. The molecule has 2 nitrogen and oxygen atoms in total. The molecule has 17 heavy (non-hydrogen) atoms. The molecule has 1 saturated carbocycles. The molecule has 0 aromatic heterocycles. The van der Waals surface area contributed by atoms with E-state index >= 15 is 0 Å². The molecule has 0 unspecified atom stereocenters. The molecule has 2 rings (SSSR count). The fraction of sp³-hybridized carbons (Fsp3) is 0.571. The predicted molar refractivity (Wildman–Crippen MR) is 73.3 cm³/mol. The summed E-state index contributed by atoms with van der Waals surface area (Å²) in [4.78, 5) is 1.25. The van der Waals surface area contributed by atoms with E-state index in [1.54, 1.807) is 11.8 Å². The molecule has 0 radical (unpaired) electrons. The van der Waals surface area contributed by atoms with E-state index in [1.165, 1.54) is 23.3 Å². The van der Waals surface area contributed by atoms with Gasteiger partial charge in [0.1, 0.15) is 0 Å². The topological polar surface area (TPSA) is 32.3 Å². The standard InChI is InChI=1S/C14H21NOS/c1-15-10-12-4-6-13(7-5-12)17-11-14(16)8-2-3-9-14/h4-7,15-16H,2-3,8-11H2,1H3. The summed E-state index contributed by atoms with van der Waals surface area (Å²) in [6.45, 7) is 0.912. The van der Waals surface area contributed by atoms with Gasteiger partial charge in [-0.2, -0.15) is 0 Å². The van der Waals surface area contributed by atoms with Crippen LogP contribution in [0.1, 0.15) is 31.2 Å². The summed E-state index contributed by atoms with van der Waals surface area (Å²) in [5, 5.41) is 13.4. The fourth-order valence-electron chi connectivity index (χ4n) is 2.30. The molecule has 0 amide bonds. The van der Waals surface area contributed by atoms with Crippen LogP contribution in [-0.4, -0.2) is 23.5 Å². The Hall–Kier alpha value is -0.510. The van der Waals surface area contributed by atoms with E-state index in [1.807, 2.05) is 7.05 Å². The lowest BCUT2D eigenvalue weighted by Crippen LogP contribution is -2.26. The molecule has 1 aromatic carbocycles. The van der Waals surface area contributed by atoms with E-state index in [9.17, 15) is 5.11 Å². The molecule has 0 aliphatic heterocycles. The van der Waals surface area contributed by atoms with Crippen molar-refractivity contribution in [3.63, 3.8) is 0 Å². The van der Waals surface area contributed by atoms with Crippen molar-refractivity contribution in [2.45, 2.75) is 42.7 Å². The third-order valence-corrected chi connectivity index (χ3v) is 4.63. The number of hydrogen-bond donors (Lipinski definition) is 2. The molecule has 0 atom stereocenters. The molecule has 0 spiro atoms. The van der Waals surface area contributed by atoms with E-state index in [-0.39, 0.29) is 0 Å². The van der Waals surface area contributed by atoms with Crippen molar-refractivity contribution in [2.24, 2.45) is 0 Å². The van der Waals surface area contributed by atoms with Gasteiger partial charge in [0.2, 0.25) is 0 Å². The quantitative estimate of drug-likeness (QED) is 0.789. The Morgan fingerprint density at radius 1 is 1.24 bits per heavy atom. The third-order valence-electron chi connectivity index (χ3n) is 3.35. The summed E-state index contributed by atoms with van der Waals surface area (Å²) in [5.41, 5.74) is 0.894. The Bertz CT molecular complexity index is 344. The Morgan fingerprint density at radius 3 is 2.47 bits per heavy atom. The summed E-state index contributed by atoms with van der Waals surface area (Å²) in [6.07, 6.45) is 4.30. The molecule has 94 valence electrons. The first-order valence-electron chi connectivity index (χ1n) is 6.31. The molecule has 0 bridgehead atoms. The summed E-state index contributed by atoms with van der Waals surface area (Å²) >= 11 is 1.77. The van der Waals surface area contributed by atoms with E-state index in [4.69, 9.17) is 0 Å². The third kappa shape index (κ3) is 3.73. The maximum Gasteiger partial charge on any atom is 0.0741 e. The van der Waals surface area contributed by atoms with Gasteiger partial charge in [-0.15, -0.1) is 11.8 Å². The first-order chi connectivity index (χ1) is 8.22. The van der Waals surface area contributed by atoms with Crippen LogP contribution < -0.4 is 5.32 Å². The zero-order valence-electron chi connectivity index (χ0n) is 10.4. The zero-order valence-corrected chi connectivity index (χ0v) is 11.2. The predicted octanol–water partition coefficient (Wildman–Crippen LogP) is 2.80. The van der Waals surface area contributed by atoms with Crippen LogP contribution in [0.2, 0.25) is 0 Å². The van der Waals surface area contributed by atoms with Crippen molar-refractivity contribution >= 4 is 11.8 Å². The van der Waals surface area contributed by atoms with Crippen molar-refractivity contribution in [1.82, 2.24) is 5.32 Å². The number of thioether (sulfide) groups is 1. The number of nitrogens with one attached hydrogen (secondary N) is 1. The zero-order chi connectivity index (χ0) is 12.1. The SMILES string of the molecule is CNCc1ccc(SCC2(O)CCCC2)cc1. The van der Waals surface area contributed by atoms with Gasteiger partial charge in [0.05, 0.1) is 5.60 Å². The van der Waals surface area contributed by atoms with E-state index in [2.05, 4.69) is 29.6 Å². The van der Waals surface area contributed by atoms with Gasteiger partial charge in [0.25, 0.3) is 0 Å². The molecule has 3 heteroatoms. The summed E-state index contributed by atoms with van der Waals surface area (Å²) in [6, 6.07) is 8.60. The van der Waals surface area contributed by atoms with Crippen LogP contribution in [0, 0.1) is 0 Å². The molecule has 1 aliphatic carbocycles. The average molecular weight is 251 g/mol. The van der Waals surface area contributed by atoms with Crippen LogP contribution in [0.15, 0.2) is 29.2 Å². The molecule has 1 aliphatic rings. The van der Waals surface area contributed by atoms with E-state index in [0.29, 0.717) is 0 Å². The van der Waals surface area contributed by atoms with Crippen molar-refractivity contribution in [3.8, 4) is 0 Å².